The van der Waals surface area contributed by atoms with E-state index in [1.807, 2.05) is 60.7 Å². The minimum atomic E-state index is -0.384. The van der Waals surface area contributed by atoms with E-state index in [9.17, 15) is 0 Å². The van der Waals surface area contributed by atoms with E-state index in [0.717, 1.165) is 39.1 Å². The molecule has 4 N–H and O–H groups in total. The van der Waals surface area contributed by atoms with E-state index in [2.05, 4.69) is 149 Å². The van der Waals surface area contributed by atoms with Gasteiger partial charge in [-0.15, -0.1) is 0 Å². The van der Waals surface area contributed by atoms with Gasteiger partial charge in [0.2, 0.25) is 0 Å². The number of hydrogen-bond donors (Lipinski definition) is 2. The van der Waals surface area contributed by atoms with Gasteiger partial charge in [-0.1, -0.05) is 140 Å². The largest absolute Gasteiger partial charge is 0.383 e. The van der Waals surface area contributed by atoms with Gasteiger partial charge in [0.15, 0.2) is 0 Å². The molecular formula is C51H39N5. The highest BCUT2D eigenvalue weighted by atomic mass is 15.0. The first-order chi connectivity index (χ1) is 27.6. The smallest absolute Gasteiger partial charge is 0.126 e. The Morgan fingerprint density at radius 1 is 0.411 bits per heavy atom. The van der Waals surface area contributed by atoms with Crippen LogP contribution in [0.25, 0.3) is 66.1 Å². The number of hydrogen-bond acceptors (Lipinski definition) is 2. The zero-order valence-electron chi connectivity index (χ0n) is 30.7. The Bertz CT molecular complexity index is 3030. The number of para-hydroxylation sites is 3. The first-order valence-corrected chi connectivity index (χ1v) is 19.0. The molecule has 0 radical (unpaired) electrons. The fourth-order valence-corrected chi connectivity index (χ4v) is 8.31. The van der Waals surface area contributed by atoms with Crippen molar-refractivity contribution in [3.8, 4) is 22.5 Å². The van der Waals surface area contributed by atoms with Crippen LogP contribution in [0.4, 0.5) is 0 Å². The number of nitrogens with two attached hydrogens (primary N) is 2. The van der Waals surface area contributed by atoms with E-state index < -0.39 is 0 Å². The van der Waals surface area contributed by atoms with Gasteiger partial charge < -0.3 is 20.6 Å². The van der Waals surface area contributed by atoms with Gasteiger partial charge in [0.25, 0.3) is 0 Å². The fraction of sp³-hybridized carbons (Fsp3) is 0.0392. The van der Waals surface area contributed by atoms with Crippen molar-refractivity contribution in [1.29, 1.82) is 0 Å². The molecule has 0 bridgehead atoms. The SMILES string of the molecule is N/C(=N\C(c1ccc(-n2c3ccccc3c3cc(-c4ccc5c(c4)c4ccccc4n5-c4ccccc4)ccc32)cc1)[C@H](N)c1ccccc1)c1ccccc1. The van der Waals surface area contributed by atoms with Crippen LogP contribution >= 0.6 is 0 Å². The number of fused-ring (bicyclic) bond motifs is 6. The normalized spacial score (nSPS) is 13.1. The van der Waals surface area contributed by atoms with Crippen molar-refractivity contribution in [1.82, 2.24) is 9.13 Å². The van der Waals surface area contributed by atoms with Crippen LogP contribution < -0.4 is 11.5 Å². The van der Waals surface area contributed by atoms with Crippen LogP contribution in [0.15, 0.2) is 205 Å². The summed E-state index contributed by atoms with van der Waals surface area (Å²) in [5.74, 6) is 0.463. The molecule has 0 fully saturated rings. The third-order valence-electron chi connectivity index (χ3n) is 11.1. The molecule has 1 unspecified atom stereocenters. The molecule has 10 rings (SSSR count). The molecule has 56 heavy (non-hydrogen) atoms. The maximum Gasteiger partial charge on any atom is 0.126 e. The van der Waals surface area contributed by atoms with Crippen molar-refractivity contribution in [2.24, 2.45) is 16.5 Å². The van der Waals surface area contributed by atoms with E-state index in [-0.39, 0.29) is 12.1 Å². The molecule has 0 aliphatic heterocycles. The molecule has 0 amide bonds. The molecule has 8 aromatic carbocycles. The summed E-state index contributed by atoms with van der Waals surface area (Å²) in [6.45, 7) is 0. The van der Waals surface area contributed by atoms with Gasteiger partial charge in [0.05, 0.1) is 34.2 Å². The van der Waals surface area contributed by atoms with Gasteiger partial charge in [0, 0.05) is 38.5 Å². The molecule has 2 atom stereocenters. The Kier molecular flexibility index (Phi) is 8.28. The predicted octanol–water partition coefficient (Wildman–Crippen LogP) is 11.7. The minimum Gasteiger partial charge on any atom is -0.383 e. The summed E-state index contributed by atoms with van der Waals surface area (Å²) in [5.41, 5.74) is 25.7. The van der Waals surface area contributed by atoms with E-state index in [1.54, 1.807) is 0 Å². The predicted molar refractivity (Wildman–Crippen MR) is 234 cm³/mol. The highest BCUT2D eigenvalue weighted by Gasteiger charge is 2.23. The number of nitrogens with zero attached hydrogens (tertiary/aromatic N) is 3. The molecule has 0 aliphatic rings. The molecular weight excluding hydrogens is 683 g/mol. The maximum atomic E-state index is 6.96. The van der Waals surface area contributed by atoms with Crippen molar-refractivity contribution >= 4 is 49.4 Å². The van der Waals surface area contributed by atoms with Crippen molar-refractivity contribution in [2.75, 3.05) is 0 Å². The Balaban J connectivity index is 1.06. The second kappa shape index (κ2) is 13.9. The fourth-order valence-electron chi connectivity index (χ4n) is 8.31. The average molecular weight is 722 g/mol. The Labute approximate surface area is 325 Å². The number of amidine groups is 1. The van der Waals surface area contributed by atoms with Crippen molar-refractivity contribution in [3.63, 3.8) is 0 Å². The number of benzene rings is 8. The third kappa shape index (κ3) is 5.74. The maximum absolute atomic E-state index is 6.96. The van der Waals surface area contributed by atoms with Gasteiger partial charge in [-0.05, 0) is 82.9 Å². The van der Waals surface area contributed by atoms with E-state index in [4.69, 9.17) is 16.5 Å². The molecule has 0 aliphatic carbocycles. The number of rotatable bonds is 8. The van der Waals surface area contributed by atoms with Crippen molar-refractivity contribution < 1.29 is 0 Å². The molecule has 2 heterocycles. The molecule has 0 spiro atoms. The van der Waals surface area contributed by atoms with Crippen LogP contribution in [0.5, 0.6) is 0 Å². The van der Waals surface area contributed by atoms with E-state index in [1.165, 1.54) is 43.7 Å². The van der Waals surface area contributed by atoms with Crippen LogP contribution in [0.2, 0.25) is 0 Å². The molecule has 2 aromatic heterocycles. The third-order valence-corrected chi connectivity index (χ3v) is 11.1. The van der Waals surface area contributed by atoms with Crippen LogP contribution in [0.3, 0.4) is 0 Å². The standard InChI is InChI=1S/C51H39N5/c52-49(34-14-4-1-5-15-34)50(54-51(53)36-16-6-2-7-17-36)35-24-28-40(29-25-35)56-46-23-13-11-21-42(46)44-33-38(27-31-48(44)56)37-26-30-47-43(32-37)41-20-10-12-22-45(41)55(47)39-18-8-3-9-19-39/h1-33,49-50H,52H2,(H2,53,54)/t49-,50?/m1/s1. The molecule has 268 valence electrons. The van der Waals surface area contributed by atoms with Crippen molar-refractivity contribution in [2.45, 2.75) is 12.1 Å². The Morgan fingerprint density at radius 2 is 0.857 bits per heavy atom. The Morgan fingerprint density at radius 3 is 1.41 bits per heavy atom. The lowest BCUT2D eigenvalue weighted by molar-refractivity contribution is 0.576. The number of aromatic nitrogens is 2. The second-order valence-corrected chi connectivity index (χ2v) is 14.4. The van der Waals surface area contributed by atoms with Gasteiger partial charge in [-0.3, -0.25) is 4.99 Å². The summed E-state index contributed by atoms with van der Waals surface area (Å²) in [6.07, 6.45) is 0. The number of aliphatic imine (C=N–C) groups is 1. The summed E-state index contributed by atoms with van der Waals surface area (Å²) < 4.78 is 4.71. The van der Waals surface area contributed by atoms with Crippen LogP contribution in [-0.4, -0.2) is 15.0 Å². The summed E-state index contributed by atoms with van der Waals surface area (Å²) in [4.78, 5) is 5.04. The summed E-state index contributed by atoms with van der Waals surface area (Å²) >= 11 is 0. The van der Waals surface area contributed by atoms with Crippen LogP contribution in [0.1, 0.15) is 28.8 Å². The highest BCUT2D eigenvalue weighted by Crippen LogP contribution is 2.39. The van der Waals surface area contributed by atoms with Crippen LogP contribution in [0, 0.1) is 0 Å². The Hall–Kier alpha value is -7.21. The van der Waals surface area contributed by atoms with Gasteiger partial charge >= 0.3 is 0 Å². The lowest BCUT2D eigenvalue weighted by atomic mass is 9.94. The minimum absolute atomic E-state index is 0.383. The van der Waals surface area contributed by atoms with Crippen LogP contribution in [-0.2, 0) is 0 Å². The molecule has 0 saturated heterocycles. The molecule has 0 saturated carbocycles. The summed E-state index contributed by atoms with van der Waals surface area (Å²) in [7, 11) is 0. The summed E-state index contributed by atoms with van der Waals surface area (Å²) in [5, 5.41) is 4.90. The lowest BCUT2D eigenvalue weighted by Gasteiger charge is -2.22. The highest BCUT2D eigenvalue weighted by molar-refractivity contribution is 6.12. The zero-order chi connectivity index (χ0) is 37.6. The first-order valence-electron chi connectivity index (χ1n) is 19.0. The monoisotopic (exact) mass is 721 g/mol. The van der Waals surface area contributed by atoms with Gasteiger partial charge in [-0.25, -0.2) is 0 Å². The molecule has 10 aromatic rings. The second-order valence-electron chi connectivity index (χ2n) is 14.4. The quantitative estimate of drug-likeness (QED) is 0.121. The summed E-state index contributed by atoms with van der Waals surface area (Å²) in [6, 6.07) is 69.5. The first kappa shape index (κ1) is 33.4. The average Bonchev–Trinajstić information content (AvgIpc) is 3.78. The van der Waals surface area contributed by atoms with E-state index in [0.29, 0.717) is 5.84 Å². The zero-order valence-corrected chi connectivity index (χ0v) is 30.7. The lowest BCUT2D eigenvalue weighted by Crippen LogP contribution is -2.23. The van der Waals surface area contributed by atoms with Crippen molar-refractivity contribution in [3.05, 3.63) is 217 Å². The van der Waals surface area contributed by atoms with Gasteiger partial charge in [0.1, 0.15) is 5.84 Å². The molecule has 5 heteroatoms. The van der Waals surface area contributed by atoms with E-state index >= 15 is 0 Å². The topological polar surface area (TPSA) is 74.3 Å². The van der Waals surface area contributed by atoms with Gasteiger partial charge in [-0.2, -0.15) is 0 Å². The molecule has 5 nitrogen and oxygen atoms in total.